The van der Waals surface area contributed by atoms with Crippen molar-refractivity contribution in [3.8, 4) is 18.2 Å². The number of rotatable bonds is 10. The summed E-state index contributed by atoms with van der Waals surface area (Å²) in [6, 6.07) is 13.2. The highest BCUT2D eigenvalue weighted by atomic mass is 16.2. The van der Waals surface area contributed by atoms with Crippen molar-refractivity contribution >= 4 is 17.5 Å². The van der Waals surface area contributed by atoms with Gasteiger partial charge in [-0.05, 0) is 37.1 Å². The van der Waals surface area contributed by atoms with Gasteiger partial charge in [-0.3, -0.25) is 4.79 Å². The largest absolute Gasteiger partial charge is 0.370 e. The fourth-order valence-corrected chi connectivity index (χ4v) is 3.77. The Bertz CT molecular complexity index is 1060. The molecular weight excluding hydrogens is 418 g/mol. The highest BCUT2D eigenvalue weighted by Gasteiger charge is 2.43. The van der Waals surface area contributed by atoms with Crippen LogP contribution in [0, 0.1) is 34.0 Å². The number of amides is 1. The molecule has 1 aliphatic rings. The molecule has 1 amide bonds. The third-order valence-corrected chi connectivity index (χ3v) is 5.51. The smallest absolute Gasteiger partial charge is 0.237 e. The Morgan fingerprint density at radius 1 is 0.970 bits per heavy atom. The lowest BCUT2D eigenvalue weighted by Gasteiger charge is -2.33. The van der Waals surface area contributed by atoms with E-state index >= 15 is 0 Å². The Balaban J connectivity index is 1.43. The van der Waals surface area contributed by atoms with E-state index in [2.05, 4.69) is 32.0 Å². The lowest BCUT2D eigenvalue weighted by Crippen LogP contribution is -2.50. The highest BCUT2D eigenvalue weighted by molar-refractivity contribution is 5.80. The molecule has 3 N–H and O–H groups in total. The van der Waals surface area contributed by atoms with Crippen LogP contribution in [0.5, 0.6) is 0 Å². The minimum atomic E-state index is -0.830. The molecule has 0 radical (unpaired) electrons. The summed E-state index contributed by atoms with van der Waals surface area (Å²) >= 11 is 0. The van der Waals surface area contributed by atoms with Gasteiger partial charge in [0.25, 0.3) is 0 Å². The van der Waals surface area contributed by atoms with Crippen molar-refractivity contribution in [2.75, 3.05) is 43.4 Å². The van der Waals surface area contributed by atoms with E-state index < -0.39 is 5.54 Å². The number of likely N-dealkylation sites (tertiary alicyclic amines) is 1. The fraction of sp³-hybridized carbons (Fsp3) is 0.391. The molecule has 3 rings (SSSR count). The van der Waals surface area contributed by atoms with Crippen molar-refractivity contribution < 1.29 is 4.79 Å². The molecule has 168 valence electrons. The maximum Gasteiger partial charge on any atom is 0.237 e. The van der Waals surface area contributed by atoms with Crippen molar-refractivity contribution in [2.24, 2.45) is 0 Å². The number of anilines is 2. The second kappa shape index (κ2) is 11.4. The Hall–Kier alpha value is -4.20. The summed E-state index contributed by atoms with van der Waals surface area (Å²) in [4.78, 5) is 22.8. The average molecular weight is 444 g/mol. The van der Waals surface area contributed by atoms with E-state index in [9.17, 15) is 10.1 Å². The Morgan fingerprint density at radius 3 is 2.15 bits per heavy atom. The number of aromatic nitrogens is 2. The average Bonchev–Trinajstić information content (AvgIpc) is 3.29. The normalized spacial score (nSPS) is 16.9. The van der Waals surface area contributed by atoms with Crippen LogP contribution in [0.3, 0.4) is 0 Å². The van der Waals surface area contributed by atoms with E-state index in [4.69, 9.17) is 10.5 Å². The molecule has 1 atom stereocenters. The zero-order valence-electron chi connectivity index (χ0n) is 18.2. The molecule has 33 heavy (non-hydrogen) atoms. The van der Waals surface area contributed by atoms with Gasteiger partial charge in [-0.25, -0.2) is 9.97 Å². The summed E-state index contributed by atoms with van der Waals surface area (Å²) in [6.45, 7) is 2.32. The summed E-state index contributed by atoms with van der Waals surface area (Å²) in [5.74, 6) is 1.19. The van der Waals surface area contributed by atoms with Crippen molar-refractivity contribution in [3.05, 3.63) is 47.8 Å². The molecule has 2 aromatic rings. The molecule has 0 unspecified atom stereocenters. The van der Waals surface area contributed by atoms with Crippen LogP contribution in [0.25, 0.3) is 0 Å². The summed E-state index contributed by atoms with van der Waals surface area (Å²) in [5.41, 5.74) is 0.153. The van der Waals surface area contributed by atoms with Crippen LogP contribution in [0.1, 0.15) is 30.4 Å². The van der Waals surface area contributed by atoms with E-state index in [0.717, 1.165) is 6.42 Å². The van der Waals surface area contributed by atoms with Gasteiger partial charge in [0.2, 0.25) is 5.91 Å². The molecule has 0 aromatic carbocycles. The van der Waals surface area contributed by atoms with E-state index in [1.807, 2.05) is 12.1 Å². The summed E-state index contributed by atoms with van der Waals surface area (Å²) in [7, 11) is 0. The first-order valence-corrected chi connectivity index (χ1v) is 10.7. The molecule has 1 aliphatic heterocycles. The number of carbonyl (C=O) groups is 1. The van der Waals surface area contributed by atoms with Gasteiger partial charge in [0, 0.05) is 45.0 Å². The zero-order valence-corrected chi connectivity index (χ0v) is 18.2. The van der Waals surface area contributed by atoms with Crippen LogP contribution in [0.2, 0.25) is 0 Å². The Labute approximate surface area is 192 Å². The fourth-order valence-electron chi connectivity index (χ4n) is 3.77. The van der Waals surface area contributed by atoms with Gasteiger partial charge >= 0.3 is 0 Å². The third kappa shape index (κ3) is 6.16. The van der Waals surface area contributed by atoms with Gasteiger partial charge in [0.1, 0.15) is 29.3 Å². The second-order valence-corrected chi connectivity index (χ2v) is 7.66. The lowest BCUT2D eigenvalue weighted by molar-refractivity contribution is -0.132. The van der Waals surface area contributed by atoms with Crippen molar-refractivity contribution in [2.45, 2.75) is 24.8 Å². The highest BCUT2D eigenvalue weighted by Crippen LogP contribution is 2.32. The van der Waals surface area contributed by atoms with Crippen LogP contribution in [0.15, 0.2) is 36.7 Å². The first-order chi connectivity index (χ1) is 16.1. The summed E-state index contributed by atoms with van der Waals surface area (Å²) in [6.07, 6.45) is 4.92. The van der Waals surface area contributed by atoms with E-state index in [0.29, 0.717) is 61.8 Å². The maximum absolute atomic E-state index is 12.8. The number of pyridine rings is 2. The number of nitriles is 3. The van der Waals surface area contributed by atoms with Crippen molar-refractivity contribution in [1.82, 2.24) is 20.2 Å². The number of nitrogens with zero attached hydrogens (tertiary/aromatic N) is 6. The van der Waals surface area contributed by atoms with Gasteiger partial charge in [0.15, 0.2) is 0 Å². The van der Waals surface area contributed by atoms with Crippen molar-refractivity contribution in [3.63, 3.8) is 0 Å². The minimum absolute atomic E-state index is 0.0953. The number of carbonyl (C=O) groups excluding carboxylic acids is 1. The first kappa shape index (κ1) is 23.5. The molecule has 10 heteroatoms. The minimum Gasteiger partial charge on any atom is -0.370 e. The predicted octanol–water partition coefficient (Wildman–Crippen LogP) is 1.61. The molecule has 1 fully saturated rings. The quantitative estimate of drug-likeness (QED) is 0.465. The molecule has 0 aliphatic carbocycles. The van der Waals surface area contributed by atoms with E-state index in [-0.39, 0.29) is 12.5 Å². The van der Waals surface area contributed by atoms with Gasteiger partial charge in [-0.15, -0.1) is 0 Å². The van der Waals surface area contributed by atoms with Crippen LogP contribution >= 0.6 is 0 Å². The SMILES string of the molecule is N#Cc1ccc(NCCNCC(=O)N2CCC[C@]2(C#N)CCNc2ccc(C#N)cn2)nc1. The Morgan fingerprint density at radius 2 is 1.61 bits per heavy atom. The molecular formula is C23H25N9O. The van der Waals surface area contributed by atoms with Crippen LogP contribution in [-0.4, -0.2) is 59.0 Å². The van der Waals surface area contributed by atoms with Gasteiger partial charge in [-0.2, -0.15) is 15.8 Å². The molecule has 0 saturated carbocycles. The van der Waals surface area contributed by atoms with E-state index in [1.165, 1.54) is 12.4 Å². The Kier molecular flexibility index (Phi) is 8.13. The topological polar surface area (TPSA) is 154 Å². The summed E-state index contributed by atoms with van der Waals surface area (Å²) < 4.78 is 0. The second-order valence-electron chi connectivity index (χ2n) is 7.66. The van der Waals surface area contributed by atoms with Crippen LogP contribution in [0.4, 0.5) is 11.6 Å². The first-order valence-electron chi connectivity index (χ1n) is 10.7. The molecule has 3 heterocycles. The molecule has 1 saturated heterocycles. The molecule has 0 bridgehead atoms. The molecule has 10 nitrogen and oxygen atoms in total. The predicted molar refractivity (Wildman–Crippen MR) is 122 cm³/mol. The van der Waals surface area contributed by atoms with Gasteiger partial charge in [-0.1, -0.05) is 0 Å². The maximum atomic E-state index is 12.8. The van der Waals surface area contributed by atoms with Crippen LogP contribution in [-0.2, 0) is 4.79 Å². The number of hydrogen-bond acceptors (Lipinski definition) is 9. The van der Waals surface area contributed by atoms with Crippen LogP contribution < -0.4 is 16.0 Å². The third-order valence-electron chi connectivity index (χ3n) is 5.51. The molecule has 0 spiro atoms. The lowest BCUT2D eigenvalue weighted by atomic mass is 9.93. The summed E-state index contributed by atoms with van der Waals surface area (Å²) in [5, 5.41) is 36.9. The van der Waals surface area contributed by atoms with E-state index in [1.54, 1.807) is 29.2 Å². The molecule has 2 aromatic heterocycles. The standard InChI is InChI=1S/C23H25N9O/c24-12-18-2-4-20(30-14-18)28-8-7-23(17-26)6-1-11-32(23)22(33)16-27-9-10-29-21-5-3-19(13-25)15-31-21/h2-5,14-15,27H,1,6-11,16H2,(H,28,30)(H,29,31)/t23-/m1/s1. The zero-order chi connectivity index (χ0) is 23.5. The number of nitrogens with one attached hydrogen (secondary N) is 3. The van der Waals surface area contributed by atoms with Gasteiger partial charge < -0.3 is 20.9 Å². The van der Waals surface area contributed by atoms with Crippen molar-refractivity contribution in [1.29, 1.82) is 15.8 Å². The van der Waals surface area contributed by atoms with Gasteiger partial charge in [0.05, 0.1) is 23.7 Å². The number of hydrogen-bond donors (Lipinski definition) is 3. The monoisotopic (exact) mass is 443 g/mol.